The van der Waals surface area contributed by atoms with E-state index in [0.29, 0.717) is 18.7 Å². The highest BCUT2D eigenvalue weighted by atomic mass is 28.4. The zero-order valence-corrected chi connectivity index (χ0v) is 16.2. The Kier molecular flexibility index (Phi) is 5.40. The van der Waals surface area contributed by atoms with Crippen LogP contribution in [0.3, 0.4) is 0 Å². The molecule has 1 amide bonds. The van der Waals surface area contributed by atoms with Gasteiger partial charge in [-0.05, 0) is 38.9 Å². The van der Waals surface area contributed by atoms with E-state index >= 15 is 0 Å². The third-order valence-electron chi connectivity index (χ3n) is 4.20. The summed E-state index contributed by atoms with van der Waals surface area (Å²) in [4.78, 5) is 13.7. The molecule has 5 nitrogen and oxygen atoms in total. The fourth-order valence-corrected chi connectivity index (χ4v) is 3.38. The van der Waals surface area contributed by atoms with Crippen LogP contribution in [-0.2, 0) is 9.16 Å². The van der Waals surface area contributed by atoms with Gasteiger partial charge in [-0.15, -0.1) is 0 Å². The minimum Gasteiger partial charge on any atom is -0.514 e. The molecule has 0 aromatic carbocycles. The number of aliphatic hydroxyl groups excluding tert-OH is 1. The normalized spacial score (nSPS) is 22.3. The van der Waals surface area contributed by atoms with Crippen LogP contribution in [0.5, 0.6) is 0 Å². The van der Waals surface area contributed by atoms with Gasteiger partial charge in [0.2, 0.25) is 0 Å². The Morgan fingerprint density at radius 2 is 1.82 bits per heavy atom. The van der Waals surface area contributed by atoms with Crippen molar-refractivity contribution in [3.8, 4) is 0 Å². The van der Waals surface area contributed by atoms with E-state index in [4.69, 9.17) is 9.16 Å². The molecule has 1 rings (SSSR count). The van der Waals surface area contributed by atoms with E-state index in [1.165, 1.54) is 4.90 Å². The molecule has 0 radical (unpaired) electrons. The quantitative estimate of drug-likeness (QED) is 0.602. The van der Waals surface area contributed by atoms with Gasteiger partial charge < -0.3 is 14.3 Å². The fourth-order valence-electron chi connectivity index (χ4n) is 2.03. The van der Waals surface area contributed by atoms with Crippen molar-refractivity contribution in [1.82, 2.24) is 4.90 Å². The molecule has 1 fully saturated rings. The zero-order valence-electron chi connectivity index (χ0n) is 15.2. The summed E-state index contributed by atoms with van der Waals surface area (Å²) in [6.45, 7) is 16.8. The highest BCUT2D eigenvalue weighted by Crippen LogP contribution is 2.39. The van der Waals surface area contributed by atoms with Crippen molar-refractivity contribution in [1.29, 1.82) is 0 Å². The summed E-state index contributed by atoms with van der Waals surface area (Å²) in [5, 5.41) is 9.51. The van der Waals surface area contributed by atoms with E-state index < -0.39 is 20.0 Å². The van der Waals surface area contributed by atoms with Crippen LogP contribution in [0.25, 0.3) is 0 Å². The van der Waals surface area contributed by atoms with Crippen molar-refractivity contribution in [2.45, 2.75) is 77.8 Å². The van der Waals surface area contributed by atoms with Crippen LogP contribution >= 0.6 is 0 Å². The van der Waals surface area contributed by atoms with Crippen LogP contribution in [0, 0.1) is 0 Å². The molecular weight excluding hydrogens is 298 g/mol. The number of ether oxygens (including phenoxy) is 1. The summed E-state index contributed by atoms with van der Waals surface area (Å²) in [6, 6.07) is 0. The maximum atomic E-state index is 12.2. The summed E-state index contributed by atoms with van der Waals surface area (Å²) in [5.74, 6) is 0. The summed E-state index contributed by atoms with van der Waals surface area (Å²) < 4.78 is 11.7. The second kappa shape index (κ2) is 6.24. The van der Waals surface area contributed by atoms with E-state index in [2.05, 4.69) is 33.9 Å². The number of likely N-dealkylation sites (tertiary alicyclic amines) is 1. The molecule has 0 aliphatic carbocycles. The standard InChI is InChI=1S/C16H31NO4Si/c1-15(2,3)20-14(19)17-10-13(9-12(17)11-18)21-22(7,8)16(4,5)6/h11,13,18H,9-10H2,1-8H3/b12-11+/t13-/m1/s1. The number of hydrogen-bond acceptors (Lipinski definition) is 4. The van der Waals surface area contributed by atoms with Crippen LogP contribution in [0.2, 0.25) is 18.1 Å². The van der Waals surface area contributed by atoms with Gasteiger partial charge in [-0.1, -0.05) is 20.8 Å². The van der Waals surface area contributed by atoms with E-state index in [0.717, 1.165) is 6.26 Å². The van der Waals surface area contributed by atoms with Crippen LogP contribution in [-0.4, -0.2) is 42.7 Å². The molecule has 0 spiro atoms. The Hall–Kier alpha value is -1.01. The molecule has 1 atom stereocenters. The number of nitrogens with zero attached hydrogens (tertiary/aromatic N) is 1. The van der Waals surface area contributed by atoms with Gasteiger partial charge in [0.1, 0.15) is 5.60 Å². The SMILES string of the molecule is CC(C)(C)OC(=O)N1C[C@H](O[Si](C)(C)C(C)(C)C)C/C1=C\O. The molecule has 0 bridgehead atoms. The first-order valence-corrected chi connectivity index (χ1v) is 10.7. The maximum Gasteiger partial charge on any atom is 0.414 e. The highest BCUT2D eigenvalue weighted by Gasteiger charge is 2.42. The second-order valence-electron chi connectivity index (χ2n) is 8.42. The maximum absolute atomic E-state index is 12.2. The zero-order chi connectivity index (χ0) is 17.3. The largest absolute Gasteiger partial charge is 0.514 e. The Morgan fingerprint density at radius 3 is 2.23 bits per heavy atom. The molecule has 1 N–H and O–H groups in total. The van der Waals surface area contributed by atoms with Gasteiger partial charge in [0.25, 0.3) is 0 Å². The molecule has 6 heteroatoms. The molecule has 128 valence electrons. The topological polar surface area (TPSA) is 59.0 Å². The van der Waals surface area contributed by atoms with Crippen molar-refractivity contribution < 1.29 is 19.1 Å². The summed E-state index contributed by atoms with van der Waals surface area (Å²) in [7, 11) is -1.91. The fraction of sp³-hybridized carbons (Fsp3) is 0.812. The van der Waals surface area contributed by atoms with E-state index in [1.54, 1.807) is 0 Å². The Labute approximate surface area is 135 Å². The first-order valence-electron chi connectivity index (χ1n) is 7.78. The van der Waals surface area contributed by atoms with Gasteiger partial charge in [0.05, 0.1) is 24.6 Å². The highest BCUT2D eigenvalue weighted by molar-refractivity contribution is 6.74. The average molecular weight is 330 g/mol. The van der Waals surface area contributed by atoms with Crippen molar-refractivity contribution in [2.24, 2.45) is 0 Å². The molecule has 1 saturated heterocycles. The van der Waals surface area contributed by atoms with E-state index in [1.807, 2.05) is 20.8 Å². The van der Waals surface area contributed by atoms with Crippen molar-refractivity contribution in [3.63, 3.8) is 0 Å². The lowest BCUT2D eigenvalue weighted by molar-refractivity contribution is 0.0308. The molecule has 0 unspecified atom stereocenters. The van der Waals surface area contributed by atoms with Gasteiger partial charge in [-0.3, -0.25) is 4.90 Å². The van der Waals surface area contributed by atoms with Crippen molar-refractivity contribution in [2.75, 3.05) is 6.54 Å². The lowest BCUT2D eigenvalue weighted by atomic mass is 10.2. The lowest BCUT2D eigenvalue weighted by Crippen LogP contribution is -2.45. The lowest BCUT2D eigenvalue weighted by Gasteiger charge is -2.38. The first kappa shape index (κ1) is 19.0. The predicted octanol–water partition coefficient (Wildman–Crippen LogP) is 4.42. The number of carbonyl (C=O) groups excluding carboxylic acids is 1. The Balaban J connectivity index is 2.80. The van der Waals surface area contributed by atoms with Gasteiger partial charge in [0.15, 0.2) is 8.32 Å². The molecule has 1 aliphatic heterocycles. The number of carbonyl (C=O) groups is 1. The van der Waals surface area contributed by atoms with Gasteiger partial charge >= 0.3 is 6.09 Å². The Morgan fingerprint density at radius 1 is 1.27 bits per heavy atom. The first-order chi connectivity index (χ1) is 9.77. The molecular formula is C16H31NO4Si. The summed E-state index contributed by atoms with van der Waals surface area (Å²) in [6.07, 6.45) is 0.988. The molecule has 1 aliphatic rings. The number of rotatable bonds is 2. The number of aliphatic hydroxyl groups is 1. The molecule has 0 aromatic heterocycles. The minimum atomic E-state index is -1.91. The third-order valence-corrected chi connectivity index (χ3v) is 8.74. The van der Waals surface area contributed by atoms with Crippen LogP contribution < -0.4 is 0 Å². The minimum absolute atomic E-state index is 0.0909. The van der Waals surface area contributed by atoms with Gasteiger partial charge in [-0.25, -0.2) is 4.79 Å². The van der Waals surface area contributed by atoms with E-state index in [9.17, 15) is 9.90 Å². The average Bonchev–Trinajstić information content (AvgIpc) is 2.67. The van der Waals surface area contributed by atoms with Crippen LogP contribution in [0.4, 0.5) is 4.79 Å². The molecule has 0 saturated carbocycles. The van der Waals surface area contributed by atoms with E-state index in [-0.39, 0.29) is 11.1 Å². The summed E-state index contributed by atoms with van der Waals surface area (Å²) in [5.41, 5.74) is -0.00583. The predicted molar refractivity (Wildman–Crippen MR) is 90.3 cm³/mol. The van der Waals surface area contributed by atoms with Crippen molar-refractivity contribution in [3.05, 3.63) is 12.0 Å². The molecule has 22 heavy (non-hydrogen) atoms. The monoisotopic (exact) mass is 329 g/mol. The van der Waals surface area contributed by atoms with Gasteiger partial charge in [-0.2, -0.15) is 0 Å². The smallest absolute Gasteiger partial charge is 0.414 e. The second-order valence-corrected chi connectivity index (χ2v) is 13.2. The molecule has 0 aromatic rings. The van der Waals surface area contributed by atoms with Crippen LogP contribution in [0.15, 0.2) is 12.0 Å². The molecule has 1 heterocycles. The number of hydrogen-bond donors (Lipinski definition) is 1. The summed E-state index contributed by atoms with van der Waals surface area (Å²) >= 11 is 0. The van der Waals surface area contributed by atoms with Crippen LogP contribution in [0.1, 0.15) is 48.0 Å². The van der Waals surface area contributed by atoms with Crippen molar-refractivity contribution >= 4 is 14.4 Å². The third kappa shape index (κ3) is 4.74. The number of amides is 1. The van der Waals surface area contributed by atoms with Gasteiger partial charge in [0, 0.05) is 6.42 Å². The Bertz CT molecular complexity index is 446.